The number of hydrogen-bond acceptors (Lipinski definition) is 5. The Hall–Kier alpha value is -4.06. The van der Waals surface area contributed by atoms with Gasteiger partial charge in [0.15, 0.2) is 0 Å². The molecule has 2 aromatic carbocycles. The van der Waals surface area contributed by atoms with Crippen molar-refractivity contribution in [1.29, 1.82) is 5.26 Å². The third-order valence-corrected chi connectivity index (χ3v) is 5.77. The average molecular weight is 457 g/mol. The van der Waals surface area contributed by atoms with Crippen molar-refractivity contribution in [2.75, 3.05) is 6.26 Å². The number of sulfonamides is 1. The highest BCUT2D eigenvalue weighted by Crippen LogP contribution is 2.38. The lowest BCUT2D eigenvalue weighted by Crippen LogP contribution is -2.21. The van der Waals surface area contributed by atoms with Crippen LogP contribution < -0.4 is 10.3 Å². The van der Waals surface area contributed by atoms with Crippen LogP contribution >= 0.6 is 0 Å². The van der Waals surface area contributed by atoms with Crippen LogP contribution in [-0.4, -0.2) is 24.6 Å². The number of nitrogens with one attached hydrogen (secondary N) is 2. The third kappa shape index (κ3) is 4.90. The fourth-order valence-electron chi connectivity index (χ4n) is 3.66. The summed E-state index contributed by atoms with van der Waals surface area (Å²) in [5.74, 6) is 0. The maximum absolute atomic E-state index is 13.1. The summed E-state index contributed by atoms with van der Waals surface area (Å²) in [5.41, 5.74) is 4.27. The minimum Gasteiger partial charge on any atom is -0.328 e. The van der Waals surface area contributed by atoms with Crippen LogP contribution in [0.4, 0.5) is 0 Å². The van der Waals surface area contributed by atoms with Crippen molar-refractivity contribution in [3.8, 4) is 39.6 Å². The van der Waals surface area contributed by atoms with E-state index in [1.165, 1.54) is 0 Å². The lowest BCUT2D eigenvalue weighted by molar-refractivity contribution is 0.587. The molecule has 0 amide bonds. The van der Waals surface area contributed by atoms with E-state index in [-0.39, 0.29) is 12.1 Å². The van der Waals surface area contributed by atoms with E-state index < -0.39 is 10.0 Å². The molecule has 0 saturated carbocycles. The molecule has 0 saturated heterocycles. The van der Waals surface area contributed by atoms with Gasteiger partial charge in [-0.2, -0.15) is 5.26 Å². The van der Waals surface area contributed by atoms with E-state index in [2.05, 4.69) is 20.8 Å². The van der Waals surface area contributed by atoms with E-state index in [9.17, 15) is 18.5 Å². The predicted molar refractivity (Wildman–Crippen MR) is 128 cm³/mol. The normalized spacial score (nSPS) is 11.2. The van der Waals surface area contributed by atoms with Crippen molar-refractivity contribution in [2.45, 2.75) is 6.54 Å². The molecule has 0 aliphatic carbocycles. The van der Waals surface area contributed by atoms with Gasteiger partial charge in [0.25, 0.3) is 5.56 Å². The molecule has 0 fully saturated rings. The molecule has 7 nitrogen and oxygen atoms in total. The summed E-state index contributed by atoms with van der Waals surface area (Å²) in [6.07, 6.45) is 4.38. The van der Waals surface area contributed by atoms with E-state index >= 15 is 0 Å². The molecule has 2 aromatic heterocycles. The molecule has 2 heterocycles. The smallest absolute Gasteiger partial charge is 0.256 e. The first kappa shape index (κ1) is 22.1. The zero-order chi connectivity index (χ0) is 23.4. The number of benzene rings is 2. The van der Waals surface area contributed by atoms with E-state index in [1.807, 2.05) is 24.3 Å². The Balaban J connectivity index is 2.01. The molecular weight excluding hydrogens is 436 g/mol. The Kier molecular flexibility index (Phi) is 6.18. The Labute approximate surface area is 191 Å². The Morgan fingerprint density at radius 1 is 1.00 bits per heavy atom. The van der Waals surface area contributed by atoms with Crippen LogP contribution in [0.5, 0.6) is 0 Å². The van der Waals surface area contributed by atoms with Crippen molar-refractivity contribution in [3.63, 3.8) is 0 Å². The zero-order valence-electron chi connectivity index (χ0n) is 17.7. The van der Waals surface area contributed by atoms with Crippen LogP contribution in [0, 0.1) is 11.3 Å². The van der Waals surface area contributed by atoms with Gasteiger partial charge in [0, 0.05) is 35.6 Å². The molecular formula is C25H20N4O3S. The number of H-pyrrole nitrogens is 1. The number of aromatic nitrogens is 2. The molecule has 2 N–H and O–H groups in total. The second kappa shape index (κ2) is 9.20. The van der Waals surface area contributed by atoms with E-state index in [0.717, 1.165) is 11.8 Å². The lowest BCUT2D eigenvalue weighted by atomic mass is 9.88. The zero-order valence-corrected chi connectivity index (χ0v) is 18.6. The Morgan fingerprint density at radius 2 is 1.79 bits per heavy atom. The molecule has 4 aromatic rings. The number of aromatic amines is 1. The Bertz CT molecular complexity index is 1520. The standard InChI is InChI=1S/C25H20N4O3S/c1-33(31,32)29-15-17-7-6-9-18(13-17)23-21(22-11-4-5-12-27-22)16-28-25(30)24(23)20-10-3-2-8-19(20)14-26/h2-13,16,29H,15H2,1H3,(H,28,30). The van der Waals surface area contributed by atoms with Gasteiger partial charge in [0.2, 0.25) is 10.0 Å². The molecule has 33 heavy (non-hydrogen) atoms. The highest BCUT2D eigenvalue weighted by Gasteiger charge is 2.20. The molecule has 0 bridgehead atoms. The molecule has 4 rings (SSSR count). The topological polar surface area (TPSA) is 116 Å². The van der Waals surface area contributed by atoms with Gasteiger partial charge < -0.3 is 4.98 Å². The van der Waals surface area contributed by atoms with Gasteiger partial charge in [-0.3, -0.25) is 9.78 Å². The average Bonchev–Trinajstić information content (AvgIpc) is 2.83. The van der Waals surface area contributed by atoms with Gasteiger partial charge in [0.1, 0.15) is 0 Å². The van der Waals surface area contributed by atoms with Crippen LogP contribution in [0.1, 0.15) is 11.1 Å². The first-order chi connectivity index (χ1) is 15.9. The largest absolute Gasteiger partial charge is 0.328 e. The van der Waals surface area contributed by atoms with E-state index in [1.54, 1.807) is 54.9 Å². The quantitative estimate of drug-likeness (QED) is 0.459. The number of nitrogens with zero attached hydrogens (tertiary/aromatic N) is 2. The summed E-state index contributed by atoms with van der Waals surface area (Å²) in [5, 5.41) is 9.67. The lowest BCUT2D eigenvalue weighted by Gasteiger charge is -2.16. The number of pyridine rings is 2. The van der Waals surface area contributed by atoms with Gasteiger partial charge in [-0.05, 0) is 35.4 Å². The summed E-state index contributed by atoms with van der Waals surface area (Å²) in [6.45, 7) is 0.110. The summed E-state index contributed by atoms with van der Waals surface area (Å²) in [6, 6.07) is 21.9. The highest BCUT2D eigenvalue weighted by atomic mass is 32.2. The maximum atomic E-state index is 13.1. The molecule has 164 valence electrons. The SMILES string of the molecule is CS(=O)(=O)NCc1cccc(-c2c(-c3ccccn3)c[nH]c(=O)c2-c2ccccc2C#N)c1. The number of nitriles is 1. The molecule has 0 aliphatic heterocycles. The number of hydrogen-bond donors (Lipinski definition) is 2. The monoisotopic (exact) mass is 456 g/mol. The second-order valence-corrected chi connectivity index (χ2v) is 9.28. The van der Waals surface area contributed by atoms with Crippen molar-refractivity contribution in [3.05, 3.63) is 101 Å². The second-order valence-electron chi connectivity index (χ2n) is 7.45. The maximum Gasteiger partial charge on any atom is 0.256 e. The molecule has 0 atom stereocenters. The Morgan fingerprint density at radius 3 is 2.52 bits per heavy atom. The van der Waals surface area contributed by atoms with Crippen LogP contribution in [0.25, 0.3) is 33.5 Å². The summed E-state index contributed by atoms with van der Waals surface area (Å²) < 4.78 is 25.6. The molecule has 0 aliphatic rings. The fraction of sp³-hybridized carbons (Fsp3) is 0.0800. The molecule has 8 heteroatoms. The van der Waals surface area contributed by atoms with Crippen LogP contribution in [0.15, 0.2) is 83.9 Å². The van der Waals surface area contributed by atoms with Crippen LogP contribution in [0.2, 0.25) is 0 Å². The van der Waals surface area contributed by atoms with Crippen molar-refractivity contribution >= 4 is 10.0 Å². The van der Waals surface area contributed by atoms with Gasteiger partial charge >= 0.3 is 0 Å². The molecule has 0 radical (unpaired) electrons. The van der Waals surface area contributed by atoms with Crippen molar-refractivity contribution in [2.24, 2.45) is 0 Å². The number of rotatable bonds is 6. The molecule has 0 unspecified atom stereocenters. The van der Waals surface area contributed by atoms with Gasteiger partial charge in [-0.15, -0.1) is 0 Å². The minimum atomic E-state index is -3.37. The molecule has 0 spiro atoms. The first-order valence-electron chi connectivity index (χ1n) is 10.1. The minimum absolute atomic E-state index is 0.110. The third-order valence-electron chi connectivity index (χ3n) is 5.11. The first-order valence-corrected chi connectivity index (χ1v) is 12.0. The summed E-state index contributed by atoms with van der Waals surface area (Å²) >= 11 is 0. The predicted octanol–water partition coefficient (Wildman–Crippen LogP) is 3.69. The van der Waals surface area contributed by atoms with E-state index in [0.29, 0.717) is 39.1 Å². The van der Waals surface area contributed by atoms with Crippen LogP contribution in [0.3, 0.4) is 0 Å². The highest BCUT2D eigenvalue weighted by molar-refractivity contribution is 7.88. The van der Waals surface area contributed by atoms with Gasteiger partial charge in [-0.1, -0.05) is 42.5 Å². The fourth-order valence-corrected chi connectivity index (χ4v) is 4.09. The summed E-state index contributed by atoms with van der Waals surface area (Å²) in [4.78, 5) is 20.4. The summed E-state index contributed by atoms with van der Waals surface area (Å²) in [7, 11) is -3.37. The van der Waals surface area contributed by atoms with Crippen molar-refractivity contribution < 1.29 is 8.42 Å². The van der Waals surface area contributed by atoms with Gasteiger partial charge in [0.05, 0.1) is 29.1 Å². The van der Waals surface area contributed by atoms with E-state index in [4.69, 9.17) is 0 Å². The van der Waals surface area contributed by atoms with Crippen LogP contribution in [-0.2, 0) is 16.6 Å². The van der Waals surface area contributed by atoms with Gasteiger partial charge in [-0.25, -0.2) is 13.1 Å². The van der Waals surface area contributed by atoms with Crippen molar-refractivity contribution in [1.82, 2.24) is 14.7 Å².